The second-order valence-electron chi connectivity index (χ2n) is 4.03. The average Bonchev–Trinajstić information content (AvgIpc) is 2.31. The molecule has 90 valence electrons. The summed E-state index contributed by atoms with van der Waals surface area (Å²) in [6.45, 7) is 2.07. The Balaban J connectivity index is 2.21. The number of benzene rings is 1. The summed E-state index contributed by atoms with van der Waals surface area (Å²) in [5.74, 6) is -0.199. The van der Waals surface area contributed by atoms with E-state index in [-0.39, 0.29) is 30.9 Å². The molecule has 1 aromatic carbocycles. The molecule has 0 aromatic heterocycles. The highest BCUT2D eigenvalue weighted by Crippen LogP contribution is 2.23. The van der Waals surface area contributed by atoms with E-state index in [4.69, 9.17) is 11.6 Å². The van der Waals surface area contributed by atoms with Gasteiger partial charge < -0.3 is 10.2 Å². The highest BCUT2D eigenvalue weighted by molar-refractivity contribution is 6.30. The summed E-state index contributed by atoms with van der Waals surface area (Å²) in [5, 5.41) is 3.15. The van der Waals surface area contributed by atoms with Crippen molar-refractivity contribution in [2.75, 3.05) is 13.1 Å². The van der Waals surface area contributed by atoms with Crippen molar-refractivity contribution in [3.8, 4) is 0 Å². The first-order chi connectivity index (χ1) is 8.08. The number of hydrogen-bond acceptors (Lipinski definition) is 2. The fourth-order valence-electron chi connectivity index (χ4n) is 1.87. The number of rotatable bonds is 2. The molecule has 1 fully saturated rings. The summed E-state index contributed by atoms with van der Waals surface area (Å²) >= 11 is 5.91. The van der Waals surface area contributed by atoms with Crippen LogP contribution in [0.5, 0.6) is 0 Å². The van der Waals surface area contributed by atoms with Crippen LogP contribution in [0.25, 0.3) is 0 Å². The lowest BCUT2D eigenvalue weighted by atomic mass is 10.1. The Morgan fingerprint density at radius 1 is 1.41 bits per heavy atom. The van der Waals surface area contributed by atoms with Gasteiger partial charge >= 0.3 is 0 Å². The van der Waals surface area contributed by atoms with Crippen LogP contribution in [0, 0.1) is 0 Å². The molecule has 0 aliphatic carbocycles. The third kappa shape index (κ3) is 2.58. The van der Waals surface area contributed by atoms with Crippen LogP contribution in [0.15, 0.2) is 24.3 Å². The third-order valence-corrected chi connectivity index (χ3v) is 3.10. The van der Waals surface area contributed by atoms with Crippen LogP contribution in [-0.2, 0) is 9.59 Å². The number of nitrogens with one attached hydrogen (secondary N) is 1. The summed E-state index contributed by atoms with van der Waals surface area (Å²) in [5.41, 5.74) is 0.931. The van der Waals surface area contributed by atoms with Crippen molar-refractivity contribution in [2.24, 2.45) is 0 Å². The van der Waals surface area contributed by atoms with E-state index in [1.807, 2.05) is 25.1 Å². The molecule has 0 saturated carbocycles. The maximum Gasteiger partial charge on any atom is 0.242 e. The predicted molar refractivity (Wildman–Crippen MR) is 64.6 cm³/mol. The molecule has 2 rings (SSSR count). The fourth-order valence-corrected chi connectivity index (χ4v) is 2.07. The summed E-state index contributed by atoms with van der Waals surface area (Å²) in [7, 11) is 0. The fraction of sp³-hybridized carbons (Fsp3) is 0.333. The predicted octanol–water partition coefficient (Wildman–Crippen LogP) is 1.36. The molecule has 2 amide bonds. The van der Waals surface area contributed by atoms with Gasteiger partial charge in [-0.15, -0.1) is 0 Å². The molecule has 1 unspecified atom stereocenters. The Bertz CT molecular complexity index is 462. The second-order valence-corrected chi connectivity index (χ2v) is 4.47. The molecule has 17 heavy (non-hydrogen) atoms. The molecule has 4 nitrogen and oxygen atoms in total. The lowest BCUT2D eigenvalue weighted by Gasteiger charge is -2.32. The quantitative estimate of drug-likeness (QED) is 0.864. The largest absolute Gasteiger partial charge is 0.345 e. The van der Waals surface area contributed by atoms with Gasteiger partial charge in [0.1, 0.15) is 6.54 Å². The lowest BCUT2D eigenvalue weighted by Crippen LogP contribution is -2.52. The van der Waals surface area contributed by atoms with Crippen molar-refractivity contribution >= 4 is 23.4 Å². The second kappa shape index (κ2) is 4.75. The topological polar surface area (TPSA) is 49.4 Å². The van der Waals surface area contributed by atoms with Gasteiger partial charge in [0.25, 0.3) is 0 Å². The highest BCUT2D eigenvalue weighted by atomic mass is 35.5. The van der Waals surface area contributed by atoms with Crippen LogP contribution >= 0.6 is 11.6 Å². The Hall–Kier alpha value is -1.55. The first kappa shape index (κ1) is 11.9. The molecule has 1 N–H and O–H groups in total. The van der Waals surface area contributed by atoms with Crippen LogP contribution in [0.2, 0.25) is 5.02 Å². The lowest BCUT2D eigenvalue weighted by molar-refractivity contribution is -0.142. The Morgan fingerprint density at radius 2 is 2.18 bits per heavy atom. The van der Waals surface area contributed by atoms with Gasteiger partial charge in [0.2, 0.25) is 11.8 Å². The van der Waals surface area contributed by atoms with E-state index >= 15 is 0 Å². The van der Waals surface area contributed by atoms with Gasteiger partial charge in [0, 0.05) is 5.02 Å². The Kier molecular flexibility index (Phi) is 3.33. The van der Waals surface area contributed by atoms with E-state index in [0.717, 1.165) is 5.56 Å². The zero-order valence-corrected chi connectivity index (χ0v) is 10.2. The Morgan fingerprint density at radius 3 is 2.88 bits per heavy atom. The summed E-state index contributed by atoms with van der Waals surface area (Å²) in [6, 6.07) is 7.18. The van der Waals surface area contributed by atoms with E-state index in [0.29, 0.717) is 5.02 Å². The first-order valence-corrected chi connectivity index (χ1v) is 5.77. The SMILES string of the molecule is CC(c1cccc(Cl)c1)N1CC(=O)NCC1=O. The molecule has 1 atom stereocenters. The summed E-state index contributed by atoms with van der Waals surface area (Å²) in [4.78, 5) is 24.6. The van der Waals surface area contributed by atoms with Gasteiger partial charge in [-0.05, 0) is 24.6 Å². The van der Waals surface area contributed by atoms with E-state index in [1.165, 1.54) is 0 Å². The first-order valence-electron chi connectivity index (χ1n) is 5.39. The van der Waals surface area contributed by atoms with Gasteiger partial charge in [-0.25, -0.2) is 0 Å². The molecule has 1 aliphatic heterocycles. The number of nitrogens with zero attached hydrogens (tertiary/aromatic N) is 1. The van der Waals surface area contributed by atoms with Crippen molar-refractivity contribution in [2.45, 2.75) is 13.0 Å². The van der Waals surface area contributed by atoms with Gasteiger partial charge in [0.15, 0.2) is 0 Å². The van der Waals surface area contributed by atoms with Crippen LogP contribution in [0.1, 0.15) is 18.5 Å². The summed E-state index contributed by atoms with van der Waals surface area (Å²) < 4.78 is 0. The highest BCUT2D eigenvalue weighted by Gasteiger charge is 2.27. The van der Waals surface area contributed by atoms with Crippen molar-refractivity contribution in [1.29, 1.82) is 0 Å². The molecule has 1 aromatic rings. The number of hydrogen-bond donors (Lipinski definition) is 1. The van der Waals surface area contributed by atoms with Crippen molar-refractivity contribution in [1.82, 2.24) is 10.2 Å². The standard InChI is InChI=1S/C12H13ClN2O2/c1-8(9-3-2-4-10(13)5-9)15-7-11(16)14-6-12(15)17/h2-5,8H,6-7H2,1H3,(H,14,16). The van der Waals surface area contributed by atoms with E-state index in [2.05, 4.69) is 5.32 Å². The zero-order chi connectivity index (χ0) is 12.4. The van der Waals surface area contributed by atoms with Crippen LogP contribution < -0.4 is 5.32 Å². The smallest absolute Gasteiger partial charge is 0.242 e. The molecule has 0 radical (unpaired) electrons. The van der Waals surface area contributed by atoms with Crippen molar-refractivity contribution in [3.05, 3.63) is 34.9 Å². The van der Waals surface area contributed by atoms with Crippen molar-refractivity contribution < 1.29 is 9.59 Å². The van der Waals surface area contributed by atoms with Gasteiger partial charge in [-0.2, -0.15) is 0 Å². The Labute approximate surface area is 105 Å². The van der Waals surface area contributed by atoms with E-state index < -0.39 is 0 Å². The van der Waals surface area contributed by atoms with Gasteiger partial charge in [-0.1, -0.05) is 23.7 Å². The van der Waals surface area contributed by atoms with E-state index in [9.17, 15) is 9.59 Å². The molecule has 1 saturated heterocycles. The molecular formula is C12H13ClN2O2. The van der Waals surface area contributed by atoms with Gasteiger partial charge in [-0.3, -0.25) is 9.59 Å². The number of piperazine rings is 1. The third-order valence-electron chi connectivity index (χ3n) is 2.87. The maximum atomic E-state index is 11.7. The molecule has 1 heterocycles. The van der Waals surface area contributed by atoms with Crippen LogP contribution in [0.3, 0.4) is 0 Å². The number of amides is 2. The number of carbonyl (C=O) groups is 2. The monoisotopic (exact) mass is 252 g/mol. The summed E-state index contributed by atoms with van der Waals surface area (Å²) in [6.07, 6.45) is 0. The molecule has 1 aliphatic rings. The minimum absolute atomic E-state index is 0.0722. The van der Waals surface area contributed by atoms with Crippen molar-refractivity contribution in [3.63, 3.8) is 0 Å². The van der Waals surface area contributed by atoms with Crippen LogP contribution in [0.4, 0.5) is 0 Å². The molecule has 5 heteroatoms. The maximum absolute atomic E-state index is 11.7. The zero-order valence-electron chi connectivity index (χ0n) is 9.44. The average molecular weight is 253 g/mol. The molecular weight excluding hydrogens is 240 g/mol. The number of halogens is 1. The number of carbonyl (C=O) groups excluding carboxylic acids is 2. The van der Waals surface area contributed by atoms with Crippen LogP contribution in [-0.4, -0.2) is 29.8 Å². The molecule has 0 spiro atoms. The minimum Gasteiger partial charge on any atom is -0.345 e. The van der Waals surface area contributed by atoms with Gasteiger partial charge in [0.05, 0.1) is 12.6 Å². The normalized spacial score (nSPS) is 17.9. The minimum atomic E-state index is -0.146. The molecule has 0 bridgehead atoms. The van der Waals surface area contributed by atoms with E-state index in [1.54, 1.807) is 11.0 Å².